The highest BCUT2D eigenvalue weighted by molar-refractivity contribution is 4.98. The van der Waals surface area contributed by atoms with Crippen LogP contribution in [-0.4, -0.2) is 38.0 Å². The fourth-order valence-electron chi connectivity index (χ4n) is 4.74. The normalized spacial score (nSPS) is 33.0. The lowest BCUT2D eigenvalue weighted by Crippen LogP contribution is -2.50. The second kappa shape index (κ2) is 5.94. The summed E-state index contributed by atoms with van der Waals surface area (Å²) in [5.74, 6) is 0.763. The van der Waals surface area contributed by atoms with E-state index in [-0.39, 0.29) is 11.2 Å². The third kappa shape index (κ3) is 2.77. The molecule has 3 rings (SSSR count). The van der Waals surface area contributed by atoms with Crippen LogP contribution in [0.4, 0.5) is 0 Å². The first-order valence-electron chi connectivity index (χ1n) is 8.57. The highest BCUT2D eigenvalue weighted by atomic mass is 16.5. The minimum Gasteiger partial charge on any atom is -0.378 e. The smallest absolute Gasteiger partial charge is 0.0693 e. The predicted molar refractivity (Wildman–Crippen MR) is 80.9 cm³/mol. The Balaban J connectivity index is 1.63. The molecule has 2 atom stereocenters. The molecule has 2 saturated carbocycles. The standard InChI is InChI=1S/C17H31NO2/c1-18-15(13-16(19-2)9-5-10-16)14-6-11-20-17(12-14)7-3-4-8-17/h14-15,18H,3-13H2,1-2H3. The van der Waals surface area contributed by atoms with E-state index in [0.717, 1.165) is 12.5 Å². The molecule has 0 bridgehead atoms. The minimum atomic E-state index is 0.175. The van der Waals surface area contributed by atoms with Gasteiger partial charge in [0.05, 0.1) is 11.2 Å². The van der Waals surface area contributed by atoms with E-state index < -0.39 is 0 Å². The van der Waals surface area contributed by atoms with Crippen LogP contribution in [0.2, 0.25) is 0 Å². The number of hydrogen-bond acceptors (Lipinski definition) is 3. The number of nitrogens with one attached hydrogen (secondary N) is 1. The van der Waals surface area contributed by atoms with Gasteiger partial charge in [0, 0.05) is 19.8 Å². The van der Waals surface area contributed by atoms with Crippen molar-refractivity contribution in [1.29, 1.82) is 0 Å². The van der Waals surface area contributed by atoms with Crippen molar-refractivity contribution in [2.45, 2.75) is 81.5 Å². The van der Waals surface area contributed by atoms with Gasteiger partial charge in [0.25, 0.3) is 0 Å². The van der Waals surface area contributed by atoms with Gasteiger partial charge >= 0.3 is 0 Å². The molecule has 0 amide bonds. The molecule has 1 N–H and O–H groups in total. The van der Waals surface area contributed by atoms with E-state index in [0.29, 0.717) is 6.04 Å². The van der Waals surface area contributed by atoms with Gasteiger partial charge in [-0.05, 0) is 64.3 Å². The van der Waals surface area contributed by atoms with E-state index in [4.69, 9.17) is 9.47 Å². The molecule has 0 radical (unpaired) electrons. The fourth-order valence-corrected chi connectivity index (χ4v) is 4.74. The van der Waals surface area contributed by atoms with E-state index >= 15 is 0 Å². The number of rotatable bonds is 5. The average Bonchev–Trinajstić information content (AvgIpc) is 2.86. The number of methoxy groups -OCH3 is 1. The Bertz CT molecular complexity index is 313. The molecule has 1 saturated heterocycles. The van der Waals surface area contributed by atoms with Gasteiger partial charge in [-0.3, -0.25) is 0 Å². The molecule has 1 spiro atoms. The average molecular weight is 281 g/mol. The second-order valence-electron chi connectivity index (χ2n) is 7.33. The summed E-state index contributed by atoms with van der Waals surface area (Å²) in [6.07, 6.45) is 12.8. The molecule has 3 fully saturated rings. The lowest BCUT2D eigenvalue weighted by atomic mass is 9.71. The van der Waals surface area contributed by atoms with Crippen molar-refractivity contribution in [2.75, 3.05) is 20.8 Å². The lowest BCUT2D eigenvalue weighted by Gasteiger charge is -2.47. The Hall–Kier alpha value is -0.120. The third-order valence-corrected chi connectivity index (χ3v) is 6.28. The van der Waals surface area contributed by atoms with Gasteiger partial charge in [-0.1, -0.05) is 12.8 Å². The zero-order valence-corrected chi connectivity index (χ0v) is 13.2. The first-order valence-corrected chi connectivity index (χ1v) is 8.57. The molecular formula is C17H31NO2. The van der Waals surface area contributed by atoms with Crippen LogP contribution < -0.4 is 5.32 Å². The lowest BCUT2D eigenvalue weighted by molar-refractivity contribution is -0.115. The summed E-state index contributed by atoms with van der Waals surface area (Å²) in [5.41, 5.74) is 0.409. The SMILES string of the molecule is CNC(CC1(OC)CCC1)C1CCOC2(CCCC2)C1. The summed E-state index contributed by atoms with van der Waals surface area (Å²) >= 11 is 0. The Morgan fingerprint density at radius 2 is 1.95 bits per heavy atom. The van der Waals surface area contributed by atoms with E-state index in [1.807, 2.05) is 7.11 Å². The molecule has 20 heavy (non-hydrogen) atoms. The summed E-state index contributed by atoms with van der Waals surface area (Å²) in [6, 6.07) is 0.594. The van der Waals surface area contributed by atoms with Crippen molar-refractivity contribution < 1.29 is 9.47 Å². The Labute approximate surface area is 123 Å². The van der Waals surface area contributed by atoms with Crippen molar-refractivity contribution in [3.63, 3.8) is 0 Å². The summed E-state index contributed by atoms with van der Waals surface area (Å²) in [4.78, 5) is 0. The second-order valence-corrected chi connectivity index (χ2v) is 7.33. The van der Waals surface area contributed by atoms with Crippen molar-refractivity contribution in [3.05, 3.63) is 0 Å². The molecule has 2 unspecified atom stereocenters. The Morgan fingerprint density at radius 3 is 2.50 bits per heavy atom. The highest BCUT2D eigenvalue weighted by Crippen LogP contribution is 2.45. The van der Waals surface area contributed by atoms with Crippen molar-refractivity contribution in [3.8, 4) is 0 Å². The minimum absolute atomic E-state index is 0.175. The maximum Gasteiger partial charge on any atom is 0.0693 e. The third-order valence-electron chi connectivity index (χ3n) is 6.28. The van der Waals surface area contributed by atoms with Crippen LogP contribution in [0.1, 0.15) is 64.2 Å². The van der Waals surface area contributed by atoms with Crippen molar-refractivity contribution in [2.24, 2.45) is 5.92 Å². The molecule has 2 aliphatic carbocycles. The largest absolute Gasteiger partial charge is 0.378 e. The monoisotopic (exact) mass is 281 g/mol. The van der Waals surface area contributed by atoms with Gasteiger partial charge in [-0.2, -0.15) is 0 Å². The fraction of sp³-hybridized carbons (Fsp3) is 1.00. The molecular weight excluding hydrogens is 250 g/mol. The Kier molecular flexibility index (Phi) is 4.40. The highest BCUT2D eigenvalue weighted by Gasteiger charge is 2.45. The molecule has 3 nitrogen and oxygen atoms in total. The van der Waals surface area contributed by atoms with E-state index in [1.165, 1.54) is 64.2 Å². The van der Waals surface area contributed by atoms with Gasteiger partial charge in [0.15, 0.2) is 0 Å². The molecule has 0 aromatic rings. The molecule has 1 aliphatic heterocycles. The zero-order chi connectivity index (χ0) is 14.1. The van der Waals surface area contributed by atoms with E-state index in [9.17, 15) is 0 Å². The van der Waals surface area contributed by atoms with Crippen LogP contribution in [-0.2, 0) is 9.47 Å². The summed E-state index contributed by atoms with van der Waals surface area (Å²) < 4.78 is 12.0. The van der Waals surface area contributed by atoms with Crippen LogP contribution in [0.25, 0.3) is 0 Å². The van der Waals surface area contributed by atoms with Gasteiger partial charge in [0.2, 0.25) is 0 Å². The Morgan fingerprint density at radius 1 is 1.20 bits per heavy atom. The quantitative estimate of drug-likeness (QED) is 0.839. The van der Waals surface area contributed by atoms with Crippen LogP contribution in [0, 0.1) is 5.92 Å². The summed E-state index contributed by atoms with van der Waals surface area (Å²) in [6.45, 7) is 0.961. The van der Waals surface area contributed by atoms with E-state index in [2.05, 4.69) is 12.4 Å². The predicted octanol–water partition coefficient (Wildman–Crippen LogP) is 3.27. The number of ether oxygens (including phenoxy) is 2. The van der Waals surface area contributed by atoms with E-state index in [1.54, 1.807) is 0 Å². The first-order chi connectivity index (χ1) is 9.71. The molecule has 1 heterocycles. The topological polar surface area (TPSA) is 30.5 Å². The van der Waals surface area contributed by atoms with Gasteiger partial charge in [-0.15, -0.1) is 0 Å². The molecule has 0 aromatic carbocycles. The zero-order valence-electron chi connectivity index (χ0n) is 13.2. The summed E-state index contributed by atoms with van der Waals surface area (Å²) in [7, 11) is 4.03. The van der Waals surface area contributed by atoms with Gasteiger partial charge in [0.1, 0.15) is 0 Å². The van der Waals surface area contributed by atoms with Crippen LogP contribution in [0.3, 0.4) is 0 Å². The maximum atomic E-state index is 6.19. The molecule has 116 valence electrons. The van der Waals surface area contributed by atoms with Gasteiger partial charge in [-0.25, -0.2) is 0 Å². The van der Waals surface area contributed by atoms with Crippen LogP contribution in [0.15, 0.2) is 0 Å². The first kappa shape index (κ1) is 14.8. The van der Waals surface area contributed by atoms with Crippen molar-refractivity contribution >= 4 is 0 Å². The molecule has 3 aliphatic rings. The van der Waals surface area contributed by atoms with Gasteiger partial charge < -0.3 is 14.8 Å². The molecule has 3 heteroatoms. The maximum absolute atomic E-state index is 6.19. The van der Waals surface area contributed by atoms with Crippen LogP contribution in [0.5, 0.6) is 0 Å². The van der Waals surface area contributed by atoms with Crippen LogP contribution >= 0.6 is 0 Å². The summed E-state index contributed by atoms with van der Waals surface area (Å²) in [5, 5.41) is 3.60. The molecule has 0 aromatic heterocycles. The van der Waals surface area contributed by atoms with Crippen molar-refractivity contribution in [1.82, 2.24) is 5.32 Å². The number of hydrogen-bond donors (Lipinski definition) is 1.